The van der Waals surface area contributed by atoms with E-state index >= 15 is 0 Å². The van der Waals surface area contributed by atoms with Crippen LogP contribution in [0.15, 0.2) is 36.7 Å². The van der Waals surface area contributed by atoms with E-state index in [1.165, 1.54) is 0 Å². The van der Waals surface area contributed by atoms with Crippen LogP contribution in [0.2, 0.25) is 0 Å². The van der Waals surface area contributed by atoms with Gasteiger partial charge < -0.3 is 24.4 Å². The van der Waals surface area contributed by atoms with E-state index in [0.29, 0.717) is 43.6 Å². The van der Waals surface area contributed by atoms with Crippen molar-refractivity contribution in [1.29, 1.82) is 0 Å². The van der Waals surface area contributed by atoms with Gasteiger partial charge in [-0.05, 0) is 63.4 Å². The maximum absolute atomic E-state index is 12.9. The van der Waals surface area contributed by atoms with Crippen molar-refractivity contribution in [1.82, 2.24) is 20.1 Å². The van der Waals surface area contributed by atoms with Gasteiger partial charge in [0.05, 0.1) is 19.8 Å². The van der Waals surface area contributed by atoms with Crippen LogP contribution < -0.4 is 24.4 Å². The Balaban J connectivity index is 1.33. The van der Waals surface area contributed by atoms with Crippen LogP contribution in [0, 0.1) is 5.92 Å². The van der Waals surface area contributed by atoms with Crippen LogP contribution in [0.25, 0.3) is 5.13 Å². The zero-order valence-electron chi connectivity index (χ0n) is 20.5. The summed E-state index contributed by atoms with van der Waals surface area (Å²) in [5, 5.41) is 13.5. The molecule has 1 saturated heterocycles. The van der Waals surface area contributed by atoms with Crippen molar-refractivity contribution in [3.8, 4) is 22.4 Å². The number of hydrogen-bond acceptors (Lipinski definition) is 8. The second kappa shape index (κ2) is 11.9. The number of rotatable bonds is 11. The van der Waals surface area contributed by atoms with Crippen LogP contribution >= 0.6 is 11.3 Å². The normalized spacial score (nSPS) is 14.1. The molecule has 9 nitrogen and oxygen atoms in total. The molecule has 1 N–H and O–H groups in total. The maximum Gasteiger partial charge on any atom is 0.223 e. The molecule has 1 amide bonds. The van der Waals surface area contributed by atoms with E-state index in [2.05, 4.69) is 20.4 Å². The molecule has 188 valence electrons. The molecule has 3 heterocycles. The molecule has 35 heavy (non-hydrogen) atoms. The minimum Gasteiger partial charge on any atom is -0.490 e. The third-order valence-electron chi connectivity index (χ3n) is 5.80. The summed E-state index contributed by atoms with van der Waals surface area (Å²) in [5.74, 6) is 1.92. The molecule has 1 aliphatic rings. The zero-order valence-corrected chi connectivity index (χ0v) is 21.3. The quantitative estimate of drug-likeness (QED) is 0.425. The monoisotopic (exact) mass is 499 g/mol. The predicted octanol–water partition coefficient (Wildman–Crippen LogP) is 4.06. The predicted molar refractivity (Wildman–Crippen MR) is 136 cm³/mol. The smallest absolute Gasteiger partial charge is 0.223 e. The number of piperidine rings is 1. The van der Waals surface area contributed by atoms with E-state index in [-0.39, 0.29) is 11.8 Å². The third kappa shape index (κ3) is 6.05. The van der Waals surface area contributed by atoms with Gasteiger partial charge in [0.15, 0.2) is 11.5 Å². The van der Waals surface area contributed by atoms with Crippen molar-refractivity contribution >= 4 is 22.4 Å². The average molecular weight is 500 g/mol. The van der Waals surface area contributed by atoms with Crippen LogP contribution in [0.1, 0.15) is 39.2 Å². The van der Waals surface area contributed by atoms with E-state index in [1.807, 2.05) is 62.0 Å². The molecule has 0 spiro atoms. The Bertz CT molecular complexity index is 1070. The van der Waals surface area contributed by atoms with E-state index in [4.69, 9.17) is 14.2 Å². The number of hydrogen-bond donors (Lipinski definition) is 1. The lowest BCUT2D eigenvalue weighted by Gasteiger charge is -2.30. The fourth-order valence-corrected chi connectivity index (χ4v) is 4.98. The summed E-state index contributed by atoms with van der Waals surface area (Å²) in [5.41, 5.74) is 0.914. The highest BCUT2D eigenvalue weighted by molar-refractivity contribution is 7.17. The van der Waals surface area contributed by atoms with E-state index < -0.39 is 0 Å². The molecule has 3 aromatic rings. The maximum atomic E-state index is 12.9. The van der Waals surface area contributed by atoms with Crippen molar-refractivity contribution in [3.63, 3.8) is 0 Å². The fraction of sp³-hybridized carbons (Fsp3) is 0.480. The third-order valence-corrected chi connectivity index (χ3v) is 6.80. The first kappa shape index (κ1) is 24.8. The highest BCUT2D eigenvalue weighted by Crippen LogP contribution is 2.39. The van der Waals surface area contributed by atoms with Gasteiger partial charge in [-0.3, -0.25) is 9.36 Å². The van der Waals surface area contributed by atoms with Crippen LogP contribution in [-0.2, 0) is 11.3 Å². The number of carbonyl (C=O) groups excluding carboxylic acids is 1. The van der Waals surface area contributed by atoms with Crippen molar-refractivity contribution in [2.24, 2.45) is 5.92 Å². The fourth-order valence-electron chi connectivity index (χ4n) is 4.11. The summed E-state index contributed by atoms with van der Waals surface area (Å²) >= 11 is 1.56. The van der Waals surface area contributed by atoms with Crippen LogP contribution in [0.3, 0.4) is 0 Å². The Morgan fingerprint density at radius 2 is 1.57 bits per heavy atom. The number of benzene rings is 1. The summed E-state index contributed by atoms with van der Waals surface area (Å²) < 4.78 is 19.3. The van der Waals surface area contributed by atoms with Crippen molar-refractivity contribution < 1.29 is 19.0 Å². The van der Waals surface area contributed by atoms with E-state index in [0.717, 1.165) is 41.8 Å². The summed E-state index contributed by atoms with van der Waals surface area (Å²) in [7, 11) is 0. The topological polar surface area (TPSA) is 90.7 Å². The van der Waals surface area contributed by atoms with Gasteiger partial charge in [-0.2, -0.15) is 0 Å². The largest absolute Gasteiger partial charge is 0.490 e. The van der Waals surface area contributed by atoms with Gasteiger partial charge in [-0.25, -0.2) is 0 Å². The molecule has 0 atom stereocenters. The Morgan fingerprint density at radius 1 is 0.971 bits per heavy atom. The SMILES string of the molecule is CCOc1cc(CNC(=O)C2CCN(c3nnc(-n4cccc4)s3)CC2)cc(OCC)c1OCC. The Labute approximate surface area is 210 Å². The number of amides is 1. The second-order valence-electron chi connectivity index (χ2n) is 8.16. The Hall–Kier alpha value is -3.27. The lowest BCUT2D eigenvalue weighted by atomic mass is 9.96. The molecule has 1 fully saturated rings. The first-order valence-electron chi connectivity index (χ1n) is 12.2. The summed E-state index contributed by atoms with van der Waals surface area (Å²) in [6.45, 7) is 9.30. The van der Waals surface area contributed by atoms with Gasteiger partial charge >= 0.3 is 0 Å². The van der Waals surface area contributed by atoms with Crippen LogP contribution in [-0.4, -0.2) is 53.6 Å². The zero-order chi connectivity index (χ0) is 24.6. The van der Waals surface area contributed by atoms with Gasteiger partial charge in [0.1, 0.15) is 0 Å². The summed E-state index contributed by atoms with van der Waals surface area (Å²) in [6, 6.07) is 7.76. The van der Waals surface area contributed by atoms with Crippen LogP contribution in [0.4, 0.5) is 5.13 Å². The highest BCUT2D eigenvalue weighted by Gasteiger charge is 2.27. The van der Waals surface area contributed by atoms with Crippen molar-refractivity contribution in [2.45, 2.75) is 40.2 Å². The average Bonchev–Trinajstić information content (AvgIpc) is 3.57. The Kier molecular flexibility index (Phi) is 8.46. The Morgan fingerprint density at radius 3 is 2.17 bits per heavy atom. The molecular weight excluding hydrogens is 466 g/mol. The number of aromatic nitrogens is 3. The van der Waals surface area contributed by atoms with Gasteiger partial charge in [0.2, 0.25) is 21.9 Å². The molecule has 1 aromatic carbocycles. The molecular formula is C25H33N5O4S. The van der Waals surface area contributed by atoms with Gasteiger partial charge in [0.25, 0.3) is 0 Å². The molecule has 0 aliphatic carbocycles. The number of nitrogens with zero attached hydrogens (tertiary/aromatic N) is 4. The molecule has 0 saturated carbocycles. The van der Waals surface area contributed by atoms with Gasteiger partial charge in [-0.1, -0.05) is 11.3 Å². The van der Waals surface area contributed by atoms with Gasteiger partial charge in [-0.15, -0.1) is 10.2 Å². The number of ether oxygens (including phenoxy) is 3. The molecule has 2 aromatic heterocycles. The van der Waals surface area contributed by atoms with Crippen molar-refractivity contribution in [3.05, 3.63) is 42.2 Å². The molecule has 4 rings (SSSR count). The first-order chi connectivity index (χ1) is 17.1. The molecule has 0 bridgehead atoms. The summed E-state index contributed by atoms with van der Waals surface area (Å²) in [6.07, 6.45) is 5.48. The molecule has 1 aliphatic heterocycles. The van der Waals surface area contributed by atoms with Crippen molar-refractivity contribution in [2.75, 3.05) is 37.8 Å². The summed E-state index contributed by atoms with van der Waals surface area (Å²) in [4.78, 5) is 15.1. The first-order valence-corrected chi connectivity index (χ1v) is 13.0. The minimum atomic E-state index is -0.0245. The number of nitrogens with one attached hydrogen (secondary N) is 1. The van der Waals surface area contributed by atoms with E-state index in [9.17, 15) is 4.79 Å². The second-order valence-corrected chi connectivity index (χ2v) is 9.09. The standard InChI is InChI=1S/C25H33N5O4S/c1-4-32-20-15-18(16-21(33-5-2)22(20)34-6-3)17-26-23(31)19-9-13-30(14-10-19)25-28-27-24(35-25)29-11-7-8-12-29/h7-8,11-12,15-16,19H,4-6,9-10,13-14,17H2,1-3H3,(H,26,31). The molecule has 0 radical (unpaired) electrons. The molecule has 0 unspecified atom stereocenters. The van der Waals surface area contributed by atoms with Gasteiger partial charge in [0, 0.05) is 37.9 Å². The van der Waals surface area contributed by atoms with E-state index in [1.54, 1.807) is 11.3 Å². The number of anilines is 1. The molecule has 10 heteroatoms. The minimum absolute atomic E-state index is 0.0245. The number of carbonyl (C=O) groups is 1. The highest BCUT2D eigenvalue weighted by atomic mass is 32.1. The lowest BCUT2D eigenvalue weighted by molar-refractivity contribution is -0.125. The van der Waals surface area contributed by atoms with Crippen LogP contribution in [0.5, 0.6) is 17.2 Å². The lowest BCUT2D eigenvalue weighted by Crippen LogP contribution is -2.40.